The number of ether oxygens (including phenoxy) is 2. The van der Waals surface area contributed by atoms with E-state index in [9.17, 15) is 9.59 Å². The van der Waals surface area contributed by atoms with Crippen LogP contribution in [0.2, 0.25) is 0 Å². The second-order valence-electron chi connectivity index (χ2n) is 8.63. The third-order valence-corrected chi connectivity index (χ3v) is 5.89. The molecular weight excluding hydrogens is 388 g/mol. The van der Waals surface area contributed by atoms with Crippen molar-refractivity contribution in [2.24, 2.45) is 5.92 Å². The predicted octanol–water partition coefficient (Wildman–Crippen LogP) is 7.75. The SMILES string of the molecule is CCCCCCCCCCCOC(=O)c1ccccc1C(=O)OC(CC)C(C)CCC. The Morgan fingerprint density at radius 3 is 1.87 bits per heavy atom. The summed E-state index contributed by atoms with van der Waals surface area (Å²) in [6.45, 7) is 8.89. The van der Waals surface area contributed by atoms with Gasteiger partial charge in [0.1, 0.15) is 6.10 Å². The number of esters is 2. The van der Waals surface area contributed by atoms with Crippen molar-refractivity contribution < 1.29 is 19.1 Å². The van der Waals surface area contributed by atoms with Crippen molar-refractivity contribution in [1.82, 2.24) is 0 Å². The third-order valence-electron chi connectivity index (χ3n) is 5.89. The Morgan fingerprint density at radius 2 is 1.32 bits per heavy atom. The van der Waals surface area contributed by atoms with Crippen LogP contribution in [0.4, 0.5) is 0 Å². The quantitative estimate of drug-likeness (QED) is 0.186. The van der Waals surface area contributed by atoms with E-state index in [-0.39, 0.29) is 6.10 Å². The van der Waals surface area contributed by atoms with E-state index in [1.807, 2.05) is 6.92 Å². The van der Waals surface area contributed by atoms with Gasteiger partial charge in [0.05, 0.1) is 17.7 Å². The van der Waals surface area contributed by atoms with Crippen LogP contribution in [0.1, 0.15) is 125 Å². The molecule has 1 aromatic carbocycles. The second-order valence-corrected chi connectivity index (χ2v) is 8.63. The molecule has 31 heavy (non-hydrogen) atoms. The third kappa shape index (κ3) is 10.8. The number of rotatable bonds is 17. The van der Waals surface area contributed by atoms with Gasteiger partial charge in [-0.1, -0.05) is 97.6 Å². The lowest BCUT2D eigenvalue weighted by atomic mass is 9.97. The van der Waals surface area contributed by atoms with E-state index in [1.54, 1.807) is 24.3 Å². The summed E-state index contributed by atoms with van der Waals surface area (Å²) in [6.07, 6.45) is 13.6. The van der Waals surface area contributed by atoms with E-state index in [0.717, 1.165) is 32.1 Å². The molecule has 176 valence electrons. The number of carbonyl (C=O) groups is 2. The van der Waals surface area contributed by atoms with Crippen LogP contribution in [0, 0.1) is 5.92 Å². The molecule has 4 nitrogen and oxygen atoms in total. The fourth-order valence-corrected chi connectivity index (χ4v) is 3.94. The zero-order valence-electron chi connectivity index (χ0n) is 20.3. The van der Waals surface area contributed by atoms with Crippen molar-refractivity contribution in [1.29, 1.82) is 0 Å². The molecule has 0 amide bonds. The minimum Gasteiger partial charge on any atom is -0.462 e. The van der Waals surface area contributed by atoms with Crippen LogP contribution in [-0.4, -0.2) is 24.6 Å². The molecule has 0 aromatic heterocycles. The van der Waals surface area contributed by atoms with Gasteiger partial charge in [-0.05, 0) is 37.3 Å². The molecule has 0 aliphatic heterocycles. The van der Waals surface area contributed by atoms with Gasteiger partial charge in [0.15, 0.2) is 0 Å². The smallest absolute Gasteiger partial charge is 0.339 e. The molecule has 0 saturated carbocycles. The fraction of sp³-hybridized carbons (Fsp3) is 0.704. The molecule has 0 radical (unpaired) electrons. The molecule has 1 aromatic rings. The van der Waals surface area contributed by atoms with Crippen molar-refractivity contribution >= 4 is 11.9 Å². The molecule has 2 unspecified atom stereocenters. The van der Waals surface area contributed by atoms with E-state index in [2.05, 4.69) is 20.8 Å². The topological polar surface area (TPSA) is 52.6 Å². The lowest BCUT2D eigenvalue weighted by Crippen LogP contribution is -2.26. The Bertz CT molecular complexity index is 625. The van der Waals surface area contributed by atoms with E-state index in [1.165, 1.54) is 44.9 Å². The molecule has 2 atom stereocenters. The summed E-state index contributed by atoms with van der Waals surface area (Å²) in [5, 5.41) is 0. The summed E-state index contributed by atoms with van der Waals surface area (Å²) in [4.78, 5) is 25.3. The molecule has 0 N–H and O–H groups in total. The molecule has 0 bridgehead atoms. The first-order valence-electron chi connectivity index (χ1n) is 12.5. The van der Waals surface area contributed by atoms with Crippen LogP contribution in [0.5, 0.6) is 0 Å². The summed E-state index contributed by atoms with van der Waals surface area (Å²) in [5.74, 6) is -0.586. The van der Waals surface area contributed by atoms with Crippen molar-refractivity contribution in [3.63, 3.8) is 0 Å². The highest BCUT2D eigenvalue weighted by Gasteiger charge is 2.24. The van der Waals surface area contributed by atoms with Crippen molar-refractivity contribution in [3.8, 4) is 0 Å². The average molecular weight is 433 g/mol. The molecule has 1 rings (SSSR count). The summed E-state index contributed by atoms with van der Waals surface area (Å²) >= 11 is 0. The Kier molecular flexibility index (Phi) is 14.7. The van der Waals surface area contributed by atoms with E-state index in [4.69, 9.17) is 9.47 Å². The first-order valence-corrected chi connectivity index (χ1v) is 12.5. The Labute approximate surface area is 190 Å². The van der Waals surface area contributed by atoms with Crippen molar-refractivity contribution in [2.75, 3.05) is 6.61 Å². The summed E-state index contributed by atoms with van der Waals surface area (Å²) in [7, 11) is 0. The number of benzene rings is 1. The van der Waals surface area contributed by atoms with Crippen molar-refractivity contribution in [3.05, 3.63) is 35.4 Å². The van der Waals surface area contributed by atoms with Crippen LogP contribution < -0.4 is 0 Å². The number of hydrogen-bond acceptors (Lipinski definition) is 4. The van der Waals surface area contributed by atoms with E-state index < -0.39 is 11.9 Å². The Hall–Kier alpha value is -1.84. The van der Waals surface area contributed by atoms with Crippen molar-refractivity contribution in [2.45, 2.75) is 111 Å². The fourth-order valence-electron chi connectivity index (χ4n) is 3.94. The molecule has 0 heterocycles. The van der Waals surface area contributed by atoms with Gasteiger partial charge >= 0.3 is 11.9 Å². The first-order chi connectivity index (χ1) is 15.0. The largest absolute Gasteiger partial charge is 0.462 e. The van der Waals surface area contributed by atoms with Gasteiger partial charge in [-0.2, -0.15) is 0 Å². The molecule has 0 saturated heterocycles. The molecule has 0 spiro atoms. The normalized spacial score (nSPS) is 12.9. The highest BCUT2D eigenvalue weighted by molar-refractivity contribution is 6.03. The van der Waals surface area contributed by atoms with Gasteiger partial charge in [-0.25, -0.2) is 9.59 Å². The highest BCUT2D eigenvalue weighted by Crippen LogP contribution is 2.20. The molecule has 0 aliphatic rings. The number of carbonyl (C=O) groups excluding carboxylic acids is 2. The van der Waals surface area contributed by atoms with Crippen LogP contribution in [-0.2, 0) is 9.47 Å². The minimum absolute atomic E-state index is 0.140. The number of unbranched alkanes of at least 4 members (excludes halogenated alkanes) is 8. The summed E-state index contributed by atoms with van der Waals surface area (Å²) in [5.41, 5.74) is 0.586. The lowest BCUT2D eigenvalue weighted by Gasteiger charge is -2.23. The van der Waals surface area contributed by atoms with Gasteiger partial charge in [0.25, 0.3) is 0 Å². The standard InChI is InChI=1S/C27H44O4/c1-5-8-9-10-11-12-13-14-17-21-30-26(28)23-19-15-16-20-24(23)27(29)31-25(7-3)22(4)18-6-2/h15-16,19-20,22,25H,5-14,17-18,21H2,1-4H3. The van der Waals surface area contributed by atoms with Crippen LogP contribution >= 0.6 is 0 Å². The lowest BCUT2D eigenvalue weighted by molar-refractivity contribution is 0.0132. The maximum Gasteiger partial charge on any atom is 0.339 e. The zero-order chi connectivity index (χ0) is 22.9. The zero-order valence-corrected chi connectivity index (χ0v) is 20.3. The maximum absolute atomic E-state index is 12.8. The molecular formula is C27H44O4. The molecule has 0 fully saturated rings. The van der Waals surface area contributed by atoms with Crippen LogP contribution in [0.15, 0.2) is 24.3 Å². The van der Waals surface area contributed by atoms with Crippen LogP contribution in [0.25, 0.3) is 0 Å². The van der Waals surface area contributed by atoms with E-state index in [0.29, 0.717) is 23.7 Å². The Morgan fingerprint density at radius 1 is 0.774 bits per heavy atom. The summed E-state index contributed by atoms with van der Waals surface area (Å²) in [6, 6.07) is 6.80. The maximum atomic E-state index is 12.8. The molecule has 4 heteroatoms. The molecule has 0 aliphatic carbocycles. The van der Waals surface area contributed by atoms with Gasteiger partial charge in [0, 0.05) is 0 Å². The second kappa shape index (κ2) is 16.8. The van der Waals surface area contributed by atoms with Gasteiger partial charge < -0.3 is 9.47 Å². The van der Waals surface area contributed by atoms with E-state index >= 15 is 0 Å². The average Bonchev–Trinajstić information content (AvgIpc) is 2.78. The van der Waals surface area contributed by atoms with Gasteiger partial charge in [-0.3, -0.25) is 0 Å². The summed E-state index contributed by atoms with van der Waals surface area (Å²) < 4.78 is 11.2. The monoisotopic (exact) mass is 432 g/mol. The van der Waals surface area contributed by atoms with Gasteiger partial charge in [0.2, 0.25) is 0 Å². The highest BCUT2D eigenvalue weighted by atomic mass is 16.5. The predicted molar refractivity (Wildman–Crippen MR) is 128 cm³/mol. The Balaban J connectivity index is 2.46. The number of hydrogen-bond donors (Lipinski definition) is 0. The first kappa shape index (κ1) is 27.2. The van der Waals surface area contributed by atoms with Crippen LogP contribution in [0.3, 0.4) is 0 Å². The minimum atomic E-state index is -0.443. The van der Waals surface area contributed by atoms with Gasteiger partial charge in [-0.15, -0.1) is 0 Å².